The number of para-hydroxylation sites is 1. The highest BCUT2D eigenvalue weighted by Crippen LogP contribution is 2.43. The highest BCUT2D eigenvalue weighted by Gasteiger charge is 2.28. The molecule has 0 saturated carbocycles. The van der Waals surface area contributed by atoms with Crippen LogP contribution in [-0.2, 0) is 6.42 Å². The number of fused-ring (bicyclic) bond motifs is 1. The van der Waals surface area contributed by atoms with Crippen LogP contribution < -0.4 is 10.5 Å². The van der Waals surface area contributed by atoms with Gasteiger partial charge in [0.05, 0.1) is 6.61 Å². The molecule has 2 unspecified atom stereocenters. The van der Waals surface area contributed by atoms with Crippen molar-refractivity contribution in [3.8, 4) is 5.75 Å². The smallest absolute Gasteiger partial charge is 0.124 e. The number of hydrogen-bond acceptors (Lipinski definition) is 3. The molecular weight excluding hydrogens is 278 g/mol. The van der Waals surface area contributed by atoms with Crippen molar-refractivity contribution in [2.75, 3.05) is 6.61 Å². The van der Waals surface area contributed by atoms with Crippen molar-refractivity contribution < 1.29 is 4.74 Å². The van der Waals surface area contributed by atoms with E-state index in [0.29, 0.717) is 5.92 Å². The molecule has 0 radical (unpaired) electrons. The molecular formula is C18H23NOS. The molecule has 3 heteroatoms. The third kappa shape index (κ3) is 2.99. The topological polar surface area (TPSA) is 35.2 Å². The quantitative estimate of drug-likeness (QED) is 0.872. The zero-order chi connectivity index (χ0) is 14.7. The van der Waals surface area contributed by atoms with Gasteiger partial charge in [-0.25, -0.2) is 0 Å². The Morgan fingerprint density at radius 2 is 2.19 bits per heavy atom. The number of rotatable bonds is 5. The van der Waals surface area contributed by atoms with Gasteiger partial charge in [0.2, 0.25) is 0 Å². The van der Waals surface area contributed by atoms with E-state index >= 15 is 0 Å². The van der Waals surface area contributed by atoms with Gasteiger partial charge in [-0.3, -0.25) is 0 Å². The Kier molecular flexibility index (Phi) is 4.61. The third-order valence-corrected chi connectivity index (χ3v) is 5.27. The van der Waals surface area contributed by atoms with E-state index in [1.54, 1.807) is 0 Å². The Morgan fingerprint density at radius 1 is 1.33 bits per heavy atom. The molecule has 2 atom stereocenters. The lowest BCUT2D eigenvalue weighted by Crippen LogP contribution is -2.23. The highest BCUT2D eigenvalue weighted by molar-refractivity contribution is 7.10. The van der Waals surface area contributed by atoms with Gasteiger partial charge in [0.25, 0.3) is 0 Å². The van der Waals surface area contributed by atoms with Gasteiger partial charge in [-0.2, -0.15) is 0 Å². The molecule has 112 valence electrons. The van der Waals surface area contributed by atoms with Gasteiger partial charge in [0.1, 0.15) is 5.75 Å². The fourth-order valence-corrected chi connectivity index (χ4v) is 4.21. The van der Waals surface area contributed by atoms with Crippen LogP contribution in [0.1, 0.15) is 54.1 Å². The fraction of sp³-hybridized carbons (Fsp3) is 0.444. The van der Waals surface area contributed by atoms with Gasteiger partial charge >= 0.3 is 0 Å². The Morgan fingerprint density at radius 3 is 3.05 bits per heavy atom. The molecule has 0 spiro atoms. The molecule has 0 saturated heterocycles. The van der Waals surface area contributed by atoms with Crippen LogP contribution in [0.3, 0.4) is 0 Å². The van der Waals surface area contributed by atoms with Crippen LogP contribution >= 0.6 is 11.3 Å². The minimum absolute atomic E-state index is 0.0201. The summed E-state index contributed by atoms with van der Waals surface area (Å²) >= 11 is 1.87. The van der Waals surface area contributed by atoms with Crippen molar-refractivity contribution in [3.05, 3.63) is 51.7 Å². The zero-order valence-electron chi connectivity index (χ0n) is 12.5. The Hall–Kier alpha value is -1.32. The molecule has 0 bridgehead atoms. The summed E-state index contributed by atoms with van der Waals surface area (Å²) in [5.41, 5.74) is 9.25. The van der Waals surface area contributed by atoms with Gasteiger partial charge in [-0.15, -0.1) is 11.3 Å². The van der Waals surface area contributed by atoms with Crippen LogP contribution in [0.2, 0.25) is 0 Å². The first kappa shape index (κ1) is 14.6. The van der Waals surface area contributed by atoms with E-state index in [9.17, 15) is 0 Å². The molecule has 1 aliphatic rings. The van der Waals surface area contributed by atoms with Gasteiger partial charge in [0.15, 0.2) is 0 Å². The van der Waals surface area contributed by atoms with Gasteiger partial charge < -0.3 is 10.5 Å². The van der Waals surface area contributed by atoms with E-state index < -0.39 is 0 Å². The van der Waals surface area contributed by atoms with E-state index in [0.717, 1.165) is 24.3 Å². The summed E-state index contributed by atoms with van der Waals surface area (Å²) in [6.07, 6.45) is 4.64. The van der Waals surface area contributed by atoms with Crippen LogP contribution in [0.5, 0.6) is 5.75 Å². The highest BCUT2D eigenvalue weighted by atomic mass is 32.1. The third-order valence-electron chi connectivity index (χ3n) is 4.27. The number of hydrogen-bond donors (Lipinski definition) is 1. The van der Waals surface area contributed by atoms with Gasteiger partial charge in [-0.05, 0) is 48.8 Å². The molecule has 0 fully saturated rings. The maximum atomic E-state index is 6.64. The lowest BCUT2D eigenvalue weighted by molar-refractivity contribution is 0.309. The van der Waals surface area contributed by atoms with Crippen molar-refractivity contribution in [1.29, 1.82) is 0 Å². The first-order valence-electron chi connectivity index (χ1n) is 7.84. The molecule has 0 amide bonds. The largest absolute Gasteiger partial charge is 0.493 e. The van der Waals surface area contributed by atoms with Crippen LogP contribution in [0.15, 0.2) is 35.7 Å². The van der Waals surface area contributed by atoms with Crippen molar-refractivity contribution >= 4 is 11.3 Å². The average Bonchev–Trinajstić information content (AvgIpc) is 3.01. The summed E-state index contributed by atoms with van der Waals surface area (Å²) in [6, 6.07) is 10.5. The van der Waals surface area contributed by atoms with Crippen LogP contribution in [-0.4, -0.2) is 6.61 Å². The monoisotopic (exact) mass is 301 g/mol. The average molecular weight is 301 g/mol. The first-order valence-corrected chi connectivity index (χ1v) is 8.72. The Balaban J connectivity index is 1.88. The maximum absolute atomic E-state index is 6.64. The molecule has 3 rings (SSSR count). The first-order chi connectivity index (χ1) is 10.3. The number of nitrogens with two attached hydrogens (primary N) is 1. The minimum atomic E-state index is 0.0201. The van der Waals surface area contributed by atoms with Crippen LogP contribution in [0.25, 0.3) is 0 Å². The normalized spacial score (nSPS) is 19.0. The van der Waals surface area contributed by atoms with E-state index in [-0.39, 0.29) is 6.04 Å². The molecule has 21 heavy (non-hydrogen) atoms. The number of ether oxygens (including phenoxy) is 1. The number of aryl methyl sites for hydroxylation is 1. The molecule has 1 aromatic carbocycles. The summed E-state index contributed by atoms with van der Waals surface area (Å²) in [5.74, 6) is 1.38. The van der Waals surface area contributed by atoms with Crippen molar-refractivity contribution in [3.63, 3.8) is 0 Å². The SMILES string of the molecule is CCCOc1ccccc1C(N)C1CCCc2sccc21. The lowest BCUT2D eigenvalue weighted by atomic mass is 9.80. The van der Waals surface area contributed by atoms with Crippen molar-refractivity contribution in [2.24, 2.45) is 5.73 Å². The van der Waals surface area contributed by atoms with Crippen molar-refractivity contribution in [1.82, 2.24) is 0 Å². The molecule has 1 heterocycles. The molecule has 0 aliphatic heterocycles. The zero-order valence-corrected chi connectivity index (χ0v) is 13.4. The Bertz CT molecular complexity index is 592. The minimum Gasteiger partial charge on any atom is -0.493 e. The second-order valence-electron chi connectivity index (χ2n) is 5.71. The molecule has 2 nitrogen and oxygen atoms in total. The number of thiophene rings is 1. The fourth-order valence-electron chi connectivity index (χ4n) is 3.21. The van der Waals surface area contributed by atoms with Crippen LogP contribution in [0, 0.1) is 0 Å². The number of benzene rings is 1. The van der Waals surface area contributed by atoms with Crippen molar-refractivity contribution in [2.45, 2.75) is 44.6 Å². The molecule has 1 aromatic heterocycles. The standard InChI is InChI=1S/C18H23NOS/c1-2-11-20-16-8-4-3-6-15(16)18(19)14-7-5-9-17-13(14)10-12-21-17/h3-4,6,8,10,12,14,18H,2,5,7,9,11,19H2,1H3. The summed E-state index contributed by atoms with van der Waals surface area (Å²) in [5, 5.41) is 2.20. The molecule has 2 N–H and O–H groups in total. The predicted octanol–water partition coefficient (Wildman–Crippen LogP) is 4.66. The summed E-state index contributed by atoms with van der Waals surface area (Å²) in [7, 11) is 0. The Labute approximate surface area is 130 Å². The van der Waals surface area contributed by atoms with E-state index in [1.807, 2.05) is 23.5 Å². The summed E-state index contributed by atoms with van der Waals surface area (Å²) < 4.78 is 5.89. The predicted molar refractivity (Wildman–Crippen MR) is 89.2 cm³/mol. The van der Waals surface area contributed by atoms with Crippen LogP contribution in [0.4, 0.5) is 0 Å². The van der Waals surface area contributed by atoms with Gasteiger partial charge in [0, 0.05) is 22.4 Å². The maximum Gasteiger partial charge on any atom is 0.124 e. The van der Waals surface area contributed by atoms with E-state index in [2.05, 4.69) is 30.5 Å². The summed E-state index contributed by atoms with van der Waals surface area (Å²) in [6.45, 7) is 2.87. The van der Waals surface area contributed by atoms with Gasteiger partial charge in [-0.1, -0.05) is 25.1 Å². The van der Waals surface area contributed by atoms with E-state index in [1.165, 1.54) is 29.7 Å². The second-order valence-corrected chi connectivity index (χ2v) is 6.71. The second kappa shape index (κ2) is 6.63. The van der Waals surface area contributed by atoms with E-state index in [4.69, 9.17) is 10.5 Å². The molecule has 1 aliphatic carbocycles. The summed E-state index contributed by atoms with van der Waals surface area (Å²) in [4.78, 5) is 1.52. The lowest BCUT2D eigenvalue weighted by Gasteiger charge is -2.29. The molecule has 2 aromatic rings.